The minimum atomic E-state index is 0.147. The molecule has 0 amide bonds. The first kappa shape index (κ1) is 12.5. The number of hydrogen-bond acceptors (Lipinski definition) is 1. The van der Waals surface area contributed by atoms with E-state index in [1.54, 1.807) is 0 Å². The topological polar surface area (TPSA) is 12.0 Å². The molecule has 0 saturated heterocycles. The second kappa shape index (κ2) is 5.00. The molecule has 1 aromatic carbocycles. The fraction of sp³-hybridized carbons (Fsp3) is 0.538. The van der Waals surface area contributed by atoms with Gasteiger partial charge in [0.15, 0.2) is 0 Å². The standard InChI is InChI=1S/C13H20ClN/c1-10(2)13(3,15-4)9-11-5-7-12(14)8-6-11/h5-8,10,15H,9H2,1-4H3. The summed E-state index contributed by atoms with van der Waals surface area (Å²) in [5.74, 6) is 0.596. The Morgan fingerprint density at radius 2 is 1.80 bits per heavy atom. The highest BCUT2D eigenvalue weighted by Crippen LogP contribution is 2.22. The monoisotopic (exact) mass is 225 g/mol. The van der Waals surface area contributed by atoms with E-state index < -0.39 is 0 Å². The first-order valence-electron chi connectivity index (χ1n) is 5.41. The molecule has 84 valence electrons. The number of nitrogens with one attached hydrogen (secondary N) is 1. The zero-order valence-corrected chi connectivity index (χ0v) is 10.7. The van der Waals surface area contributed by atoms with Gasteiger partial charge in [0, 0.05) is 10.6 Å². The molecule has 1 nitrogen and oxygen atoms in total. The Morgan fingerprint density at radius 1 is 1.27 bits per heavy atom. The summed E-state index contributed by atoms with van der Waals surface area (Å²) in [6.45, 7) is 6.74. The normalized spacial score (nSPS) is 15.3. The van der Waals surface area contributed by atoms with Crippen molar-refractivity contribution in [2.45, 2.75) is 32.7 Å². The lowest BCUT2D eigenvalue weighted by molar-refractivity contribution is 0.278. The summed E-state index contributed by atoms with van der Waals surface area (Å²) in [5, 5.41) is 4.21. The lowest BCUT2D eigenvalue weighted by Gasteiger charge is -2.33. The van der Waals surface area contributed by atoms with Crippen LogP contribution in [0.2, 0.25) is 5.02 Å². The Bertz CT molecular complexity index is 305. The van der Waals surface area contributed by atoms with Crippen LogP contribution in [0.15, 0.2) is 24.3 Å². The van der Waals surface area contributed by atoms with Gasteiger partial charge in [-0.3, -0.25) is 0 Å². The van der Waals surface area contributed by atoms with E-state index in [9.17, 15) is 0 Å². The van der Waals surface area contributed by atoms with E-state index in [1.807, 2.05) is 19.2 Å². The zero-order chi connectivity index (χ0) is 11.5. The van der Waals surface area contributed by atoms with E-state index in [4.69, 9.17) is 11.6 Å². The smallest absolute Gasteiger partial charge is 0.0406 e. The third-order valence-corrected chi connectivity index (χ3v) is 3.58. The van der Waals surface area contributed by atoms with Crippen LogP contribution in [0.25, 0.3) is 0 Å². The largest absolute Gasteiger partial charge is 0.314 e. The van der Waals surface area contributed by atoms with Crippen molar-refractivity contribution in [2.24, 2.45) is 5.92 Å². The average Bonchev–Trinajstić information content (AvgIpc) is 2.21. The lowest BCUT2D eigenvalue weighted by atomic mass is 9.83. The second-order valence-corrected chi connectivity index (χ2v) is 5.06. The van der Waals surface area contributed by atoms with Gasteiger partial charge in [-0.25, -0.2) is 0 Å². The highest BCUT2D eigenvalue weighted by Gasteiger charge is 2.26. The van der Waals surface area contributed by atoms with Crippen LogP contribution in [0.4, 0.5) is 0 Å². The SMILES string of the molecule is CNC(C)(Cc1ccc(Cl)cc1)C(C)C. The molecule has 1 unspecified atom stereocenters. The number of rotatable bonds is 4. The molecule has 0 radical (unpaired) electrons. The Balaban J connectivity index is 2.79. The molecule has 0 bridgehead atoms. The number of benzene rings is 1. The van der Waals surface area contributed by atoms with Gasteiger partial charge in [-0.1, -0.05) is 37.6 Å². The fourth-order valence-electron chi connectivity index (χ4n) is 1.61. The maximum Gasteiger partial charge on any atom is 0.0406 e. The van der Waals surface area contributed by atoms with Crippen LogP contribution in [-0.2, 0) is 6.42 Å². The molecule has 0 aliphatic heterocycles. The summed E-state index contributed by atoms with van der Waals surface area (Å²) in [6.07, 6.45) is 1.03. The molecule has 0 saturated carbocycles. The highest BCUT2D eigenvalue weighted by atomic mass is 35.5. The van der Waals surface area contributed by atoms with Crippen LogP contribution in [0, 0.1) is 5.92 Å². The highest BCUT2D eigenvalue weighted by molar-refractivity contribution is 6.30. The third kappa shape index (κ3) is 3.22. The van der Waals surface area contributed by atoms with Gasteiger partial charge < -0.3 is 5.32 Å². The minimum Gasteiger partial charge on any atom is -0.314 e. The van der Waals surface area contributed by atoms with Gasteiger partial charge in [-0.15, -0.1) is 0 Å². The molecular formula is C13H20ClN. The summed E-state index contributed by atoms with van der Waals surface area (Å²) >= 11 is 5.86. The summed E-state index contributed by atoms with van der Waals surface area (Å²) in [5.41, 5.74) is 1.47. The van der Waals surface area contributed by atoms with E-state index in [2.05, 4.69) is 38.2 Å². The van der Waals surface area contributed by atoms with Gasteiger partial charge in [0.2, 0.25) is 0 Å². The molecule has 1 rings (SSSR count). The van der Waals surface area contributed by atoms with Gasteiger partial charge in [0.1, 0.15) is 0 Å². The molecular weight excluding hydrogens is 206 g/mol. The Hall–Kier alpha value is -0.530. The van der Waals surface area contributed by atoms with E-state index in [-0.39, 0.29) is 5.54 Å². The van der Waals surface area contributed by atoms with E-state index in [0.29, 0.717) is 5.92 Å². The van der Waals surface area contributed by atoms with E-state index >= 15 is 0 Å². The number of halogens is 1. The van der Waals surface area contributed by atoms with Gasteiger partial charge in [0.25, 0.3) is 0 Å². The molecule has 2 heteroatoms. The second-order valence-electron chi connectivity index (χ2n) is 4.63. The molecule has 0 aromatic heterocycles. The lowest BCUT2D eigenvalue weighted by Crippen LogP contribution is -2.46. The Labute approximate surface area is 97.8 Å². The van der Waals surface area contributed by atoms with Crippen LogP contribution >= 0.6 is 11.6 Å². The fourth-order valence-corrected chi connectivity index (χ4v) is 1.73. The van der Waals surface area contributed by atoms with Gasteiger partial charge in [0.05, 0.1) is 0 Å². The quantitative estimate of drug-likeness (QED) is 0.827. The summed E-state index contributed by atoms with van der Waals surface area (Å²) in [7, 11) is 2.02. The summed E-state index contributed by atoms with van der Waals surface area (Å²) in [6, 6.07) is 8.10. The van der Waals surface area contributed by atoms with Crippen LogP contribution in [0.1, 0.15) is 26.3 Å². The van der Waals surface area contributed by atoms with Gasteiger partial charge in [-0.05, 0) is 44.0 Å². The molecule has 0 fully saturated rings. The van der Waals surface area contributed by atoms with Crippen molar-refractivity contribution in [3.63, 3.8) is 0 Å². The van der Waals surface area contributed by atoms with Crippen molar-refractivity contribution in [3.8, 4) is 0 Å². The zero-order valence-electron chi connectivity index (χ0n) is 9.97. The predicted molar refractivity (Wildman–Crippen MR) is 67.5 cm³/mol. The first-order chi connectivity index (χ1) is 6.98. The molecule has 0 aliphatic carbocycles. The van der Waals surface area contributed by atoms with E-state index in [1.165, 1.54) is 5.56 Å². The van der Waals surface area contributed by atoms with Crippen molar-refractivity contribution in [1.29, 1.82) is 0 Å². The van der Waals surface area contributed by atoms with E-state index in [0.717, 1.165) is 11.4 Å². The third-order valence-electron chi connectivity index (χ3n) is 3.33. The average molecular weight is 226 g/mol. The maximum atomic E-state index is 5.86. The van der Waals surface area contributed by atoms with Crippen LogP contribution in [0.3, 0.4) is 0 Å². The van der Waals surface area contributed by atoms with Crippen molar-refractivity contribution in [1.82, 2.24) is 5.32 Å². The van der Waals surface area contributed by atoms with Gasteiger partial charge in [-0.2, -0.15) is 0 Å². The Kier molecular flexibility index (Phi) is 4.18. The van der Waals surface area contributed by atoms with Crippen LogP contribution in [0.5, 0.6) is 0 Å². The summed E-state index contributed by atoms with van der Waals surface area (Å²) in [4.78, 5) is 0. The number of likely N-dealkylation sites (N-methyl/N-ethyl adjacent to an activating group) is 1. The predicted octanol–water partition coefficient (Wildman–Crippen LogP) is 3.52. The van der Waals surface area contributed by atoms with Crippen molar-refractivity contribution in [2.75, 3.05) is 7.05 Å². The van der Waals surface area contributed by atoms with Crippen LogP contribution in [-0.4, -0.2) is 12.6 Å². The van der Waals surface area contributed by atoms with Crippen molar-refractivity contribution < 1.29 is 0 Å². The summed E-state index contributed by atoms with van der Waals surface area (Å²) < 4.78 is 0. The Morgan fingerprint density at radius 3 is 2.20 bits per heavy atom. The molecule has 0 heterocycles. The first-order valence-corrected chi connectivity index (χ1v) is 5.79. The number of hydrogen-bond donors (Lipinski definition) is 1. The molecule has 15 heavy (non-hydrogen) atoms. The van der Waals surface area contributed by atoms with Crippen LogP contribution < -0.4 is 5.32 Å². The maximum absolute atomic E-state index is 5.86. The van der Waals surface area contributed by atoms with Gasteiger partial charge >= 0.3 is 0 Å². The molecule has 0 spiro atoms. The molecule has 1 atom stereocenters. The molecule has 1 N–H and O–H groups in total. The van der Waals surface area contributed by atoms with Crippen molar-refractivity contribution in [3.05, 3.63) is 34.9 Å². The molecule has 0 aliphatic rings. The molecule has 1 aromatic rings. The minimum absolute atomic E-state index is 0.147. The van der Waals surface area contributed by atoms with Crippen molar-refractivity contribution >= 4 is 11.6 Å².